The summed E-state index contributed by atoms with van der Waals surface area (Å²) in [6, 6.07) is 0. The maximum atomic E-state index is 11.6. The SMILES string of the molecule is CC(C)(C)OC(=O)C[C@@H](O)CC1=CC(=O)OC(C)(C)O1. The highest BCUT2D eigenvalue weighted by Gasteiger charge is 2.31. The Balaban J connectivity index is 2.52. The standard InChI is InChI=1S/C14H22O6/c1-13(2,3)19-11(16)7-9(15)6-10-8-12(17)20-14(4,5)18-10/h8-9,15H,6-7H2,1-5H3/t9-/m0/s1. The van der Waals surface area contributed by atoms with Gasteiger partial charge in [-0.2, -0.15) is 0 Å². The second kappa shape index (κ2) is 5.83. The van der Waals surface area contributed by atoms with Gasteiger partial charge < -0.3 is 19.3 Å². The van der Waals surface area contributed by atoms with Gasteiger partial charge in [0.1, 0.15) is 11.4 Å². The van der Waals surface area contributed by atoms with E-state index in [2.05, 4.69) is 0 Å². The molecular formula is C14H22O6. The lowest BCUT2D eigenvalue weighted by molar-refractivity contribution is -0.206. The molecule has 0 aromatic carbocycles. The number of carbonyl (C=O) groups excluding carboxylic acids is 2. The van der Waals surface area contributed by atoms with E-state index in [1.807, 2.05) is 0 Å². The van der Waals surface area contributed by atoms with Crippen LogP contribution in [0.1, 0.15) is 47.5 Å². The zero-order valence-corrected chi connectivity index (χ0v) is 12.6. The second-order valence-corrected chi connectivity index (χ2v) is 6.18. The molecule has 0 saturated heterocycles. The molecule has 1 heterocycles. The topological polar surface area (TPSA) is 82.1 Å². The highest BCUT2D eigenvalue weighted by Crippen LogP contribution is 2.25. The third-order valence-corrected chi connectivity index (χ3v) is 2.26. The van der Waals surface area contributed by atoms with Crippen LogP contribution in [0.4, 0.5) is 0 Å². The second-order valence-electron chi connectivity index (χ2n) is 6.18. The minimum absolute atomic E-state index is 0.0533. The van der Waals surface area contributed by atoms with Crippen LogP contribution in [-0.4, -0.2) is 34.5 Å². The molecule has 0 aliphatic carbocycles. The Labute approximate surface area is 118 Å². The van der Waals surface area contributed by atoms with Crippen LogP contribution in [0.2, 0.25) is 0 Å². The number of aliphatic hydroxyl groups excluding tert-OH is 1. The van der Waals surface area contributed by atoms with Crippen molar-refractivity contribution in [2.45, 2.75) is 65.0 Å². The summed E-state index contributed by atoms with van der Waals surface area (Å²) in [7, 11) is 0. The summed E-state index contributed by atoms with van der Waals surface area (Å²) in [5.41, 5.74) is -0.594. The van der Waals surface area contributed by atoms with Gasteiger partial charge in [0.25, 0.3) is 0 Å². The molecule has 1 N–H and O–H groups in total. The highest BCUT2D eigenvalue weighted by molar-refractivity contribution is 5.83. The Morgan fingerprint density at radius 3 is 2.50 bits per heavy atom. The number of carbonyl (C=O) groups is 2. The first kappa shape index (κ1) is 16.5. The average molecular weight is 286 g/mol. The van der Waals surface area contributed by atoms with Crippen molar-refractivity contribution in [3.63, 3.8) is 0 Å². The third kappa shape index (κ3) is 6.06. The van der Waals surface area contributed by atoms with Crippen LogP contribution < -0.4 is 0 Å². The minimum Gasteiger partial charge on any atom is -0.460 e. The lowest BCUT2D eigenvalue weighted by atomic mass is 10.1. The maximum Gasteiger partial charge on any atom is 0.337 e. The van der Waals surface area contributed by atoms with Gasteiger partial charge in [0.2, 0.25) is 5.79 Å². The molecule has 1 aliphatic heterocycles. The number of ether oxygens (including phenoxy) is 3. The zero-order valence-electron chi connectivity index (χ0n) is 12.6. The van der Waals surface area contributed by atoms with Crippen LogP contribution in [0.5, 0.6) is 0 Å². The van der Waals surface area contributed by atoms with Gasteiger partial charge in [0, 0.05) is 20.3 Å². The molecule has 1 atom stereocenters. The predicted octanol–water partition coefficient (Wildman–Crippen LogP) is 1.66. The van der Waals surface area contributed by atoms with Gasteiger partial charge in [-0.15, -0.1) is 0 Å². The van der Waals surface area contributed by atoms with Gasteiger partial charge in [0.15, 0.2) is 0 Å². The van der Waals surface area contributed by atoms with E-state index in [0.29, 0.717) is 5.76 Å². The molecule has 20 heavy (non-hydrogen) atoms. The Morgan fingerprint density at radius 2 is 2.00 bits per heavy atom. The Morgan fingerprint density at radius 1 is 1.40 bits per heavy atom. The molecule has 0 amide bonds. The zero-order chi connectivity index (χ0) is 15.6. The number of cyclic esters (lactones) is 1. The van der Waals surface area contributed by atoms with Gasteiger partial charge in [-0.1, -0.05) is 0 Å². The lowest BCUT2D eigenvalue weighted by Gasteiger charge is -2.31. The number of rotatable bonds is 4. The lowest BCUT2D eigenvalue weighted by Crippen LogP contribution is -2.35. The van der Waals surface area contributed by atoms with Crippen LogP contribution in [-0.2, 0) is 23.8 Å². The molecule has 0 aromatic rings. The number of aliphatic hydroxyl groups is 1. The molecule has 1 aliphatic rings. The summed E-state index contributed by atoms with van der Waals surface area (Å²) in [5.74, 6) is -1.79. The van der Waals surface area contributed by atoms with E-state index in [4.69, 9.17) is 14.2 Å². The largest absolute Gasteiger partial charge is 0.460 e. The fraction of sp³-hybridized carbons (Fsp3) is 0.714. The third-order valence-electron chi connectivity index (χ3n) is 2.26. The monoisotopic (exact) mass is 286 g/mol. The smallest absolute Gasteiger partial charge is 0.337 e. The normalized spacial score (nSPS) is 19.5. The first-order valence-electron chi connectivity index (χ1n) is 6.49. The van der Waals surface area contributed by atoms with Gasteiger partial charge in [-0.3, -0.25) is 4.79 Å². The van der Waals surface area contributed by atoms with Crippen molar-refractivity contribution in [2.24, 2.45) is 0 Å². The quantitative estimate of drug-likeness (QED) is 0.791. The number of hydrogen-bond donors (Lipinski definition) is 1. The van der Waals surface area contributed by atoms with E-state index in [-0.39, 0.29) is 12.8 Å². The van der Waals surface area contributed by atoms with Crippen molar-refractivity contribution in [3.8, 4) is 0 Å². The molecule has 1 rings (SSSR count). The van der Waals surface area contributed by atoms with E-state index in [1.165, 1.54) is 6.08 Å². The summed E-state index contributed by atoms with van der Waals surface area (Å²) >= 11 is 0. The van der Waals surface area contributed by atoms with Crippen molar-refractivity contribution in [2.75, 3.05) is 0 Å². The van der Waals surface area contributed by atoms with Crippen molar-refractivity contribution < 1.29 is 28.9 Å². The van der Waals surface area contributed by atoms with Gasteiger partial charge in [-0.05, 0) is 20.8 Å². The Kier molecular flexibility index (Phi) is 4.81. The van der Waals surface area contributed by atoms with E-state index >= 15 is 0 Å². The molecule has 6 nitrogen and oxygen atoms in total. The molecule has 0 bridgehead atoms. The number of esters is 2. The number of hydrogen-bond acceptors (Lipinski definition) is 6. The fourth-order valence-corrected chi connectivity index (χ4v) is 1.75. The summed E-state index contributed by atoms with van der Waals surface area (Å²) < 4.78 is 15.4. The molecular weight excluding hydrogens is 264 g/mol. The van der Waals surface area contributed by atoms with Crippen LogP contribution in [0.15, 0.2) is 11.8 Å². The molecule has 0 unspecified atom stereocenters. The average Bonchev–Trinajstić information content (AvgIpc) is 2.08. The maximum absolute atomic E-state index is 11.6. The summed E-state index contributed by atoms with van der Waals surface area (Å²) in [6.07, 6.45) is 0.0900. The molecule has 0 radical (unpaired) electrons. The highest BCUT2D eigenvalue weighted by atomic mass is 16.7. The molecule has 0 fully saturated rings. The molecule has 6 heteroatoms. The molecule has 0 saturated carbocycles. The summed E-state index contributed by atoms with van der Waals surface area (Å²) in [5, 5.41) is 9.85. The minimum atomic E-state index is -1.06. The Hall–Kier alpha value is -1.56. The summed E-state index contributed by atoms with van der Waals surface area (Å²) in [6.45, 7) is 8.45. The van der Waals surface area contributed by atoms with Crippen LogP contribution in [0, 0.1) is 0 Å². The van der Waals surface area contributed by atoms with Gasteiger partial charge in [0.05, 0.1) is 18.6 Å². The van der Waals surface area contributed by atoms with E-state index < -0.39 is 29.4 Å². The molecule has 114 valence electrons. The first-order valence-corrected chi connectivity index (χ1v) is 6.49. The van der Waals surface area contributed by atoms with E-state index in [9.17, 15) is 14.7 Å². The predicted molar refractivity (Wildman–Crippen MR) is 70.4 cm³/mol. The first-order chi connectivity index (χ1) is 8.97. The van der Waals surface area contributed by atoms with Gasteiger partial charge >= 0.3 is 11.9 Å². The summed E-state index contributed by atoms with van der Waals surface area (Å²) in [4.78, 5) is 22.9. The van der Waals surface area contributed by atoms with Crippen LogP contribution in [0.25, 0.3) is 0 Å². The van der Waals surface area contributed by atoms with E-state index in [0.717, 1.165) is 0 Å². The van der Waals surface area contributed by atoms with Crippen molar-refractivity contribution in [3.05, 3.63) is 11.8 Å². The van der Waals surface area contributed by atoms with Crippen molar-refractivity contribution in [1.29, 1.82) is 0 Å². The van der Waals surface area contributed by atoms with Gasteiger partial charge in [-0.25, -0.2) is 4.79 Å². The van der Waals surface area contributed by atoms with Crippen LogP contribution >= 0.6 is 0 Å². The van der Waals surface area contributed by atoms with E-state index in [1.54, 1.807) is 34.6 Å². The van der Waals surface area contributed by atoms with Crippen molar-refractivity contribution >= 4 is 11.9 Å². The van der Waals surface area contributed by atoms with Crippen LogP contribution in [0.3, 0.4) is 0 Å². The molecule has 0 aromatic heterocycles. The molecule has 0 spiro atoms. The fourth-order valence-electron chi connectivity index (χ4n) is 1.75. The Bertz CT molecular complexity index is 416. The van der Waals surface area contributed by atoms with Crippen molar-refractivity contribution in [1.82, 2.24) is 0 Å².